The Morgan fingerprint density at radius 2 is 2.57 bits per heavy atom. The van der Waals surface area contributed by atoms with E-state index in [9.17, 15) is 4.79 Å². The maximum Gasteiger partial charge on any atom is 0.407 e. The molecule has 2 heterocycles. The van der Waals surface area contributed by atoms with E-state index >= 15 is 0 Å². The smallest absolute Gasteiger partial charge is 0.407 e. The van der Waals surface area contributed by atoms with Gasteiger partial charge < -0.3 is 19.9 Å². The second-order valence-electron chi connectivity index (χ2n) is 4.44. The number of benzene rings is 1. The lowest BCUT2D eigenvalue weighted by Gasteiger charge is -2.09. The van der Waals surface area contributed by atoms with Crippen LogP contribution >= 0.6 is 0 Å². The van der Waals surface area contributed by atoms with Crippen molar-refractivity contribution < 1.29 is 27.4 Å². The highest BCUT2D eigenvalue weighted by Gasteiger charge is 2.22. The summed E-state index contributed by atoms with van der Waals surface area (Å²) in [4.78, 5) is 12.4. The Morgan fingerprint density at radius 3 is 3.33 bits per heavy atom. The first-order valence-corrected chi connectivity index (χ1v) is 6.17. The molecule has 2 N–H and O–H groups in total. The van der Waals surface area contributed by atoms with Gasteiger partial charge in [-0.1, -0.05) is 6.04 Å². The predicted molar refractivity (Wildman–Crippen MR) is 82.5 cm³/mol. The molecule has 5 nitrogen and oxygen atoms in total. The van der Waals surface area contributed by atoms with Crippen LogP contribution in [0.4, 0.5) is 4.79 Å². The normalized spacial score (nSPS) is 29.6. The molecule has 0 spiro atoms. The Labute approximate surface area is 142 Å². The average Bonchev–Trinajstić information content (AvgIpc) is 3.17. The molecule has 1 aliphatic rings. The maximum absolute atomic E-state index is 11.6. The molecule has 1 aromatic heterocycles. The molecule has 0 bridgehead atoms. The number of H-pyrrole nitrogens is 1. The minimum Gasteiger partial charge on any atom is -0.447 e. The molecule has 5 heteroatoms. The number of rotatable bonds is 5. The van der Waals surface area contributed by atoms with Crippen LogP contribution in [0, 0.1) is 0 Å². The molecule has 1 fully saturated rings. The van der Waals surface area contributed by atoms with Gasteiger partial charge in [0.15, 0.2) is 2.82 Å². The molecule has 1 amide bonds. The third-order valence-corrected chi connectivity index (χ3v) is 2.83. The number of carbonyl (C=O) groups excluding carboxylic acids is 1. The van der Waals surface area contributed by atoms with E-state index in [4.69, 9.17) is 17.9 Å². The van der Waals surface area contributed by atoms with Crippen molar-refractivity contribution in [3.05, 3.63) is 35.4 Å². The van der Waals surface area contributed by atoms with Crippen LogP contribution in [0.3, 0.4) is 0 Å². The first kappa shape index (κ1) is 5.32. The molecule has 3 rings (SSSR count). The minimum atomic E-state index is -2.85. The van der Waals surface area contributed by atoms with Gasteiger partial charge in [0.1, 0.15) is 6.61 Å². The Bertz CT molecular complexity index is 1160. The fourth-order valence-electron chi connectivity index (χ4n) is 1.87. The van der Waals surface area contributed by atoms with Crippen molar-refractivity contribution in [1.82, 2.24) is 15.2 Å². The van der Waals surface area contributed by atoms with Crippen molar-refractivity contribution in [1.29, 1.82) is 0 Å². The molecular formula is C16H21N3O2. The van der Waals surface area contributed by atoms with Gasteiger partial charge in [0, 0.05) is 33.2 Å². The van der Waals surface area contributed by atoms with E-state index in [1.807, 2.05) is 0 Å². The average molecular weight is 300 g/mol. The standard InChI is InChI=1S/C16H21N3O2/c1-19(2)6-5-12-9-17-15-4-3-11(8-14(12)15)7-13-10-21-16(20)18-13/h3-4,8-9,13,17H,5-7,10H2,1-2H3,(H,18,20)/t13-/m0/s1/i1D3,3D,4D,6D2,7D2,8D,9D/hD2. The number of cyclic esters (lactones) is 1. The number of aromatic amines is 1. The van der Waals surface area contributed by atoms with E-state index in [1.165, 1.54) is 0 Å². The molecule has 0 unspecified atom stereocenters. The van der Waals surface area contributed by atoms with Gasteiger partial charge >= 0.3 is 6.09 Å². The number of fused-ring (bicyclic) bond motifs is 1. The summed E-state index contributed by atoms with van der Waals surface area (Å²) in [7, 11) is 1.000. The number of likely N-dealkylation sites (N-methyl/N-ethyl adjacent to an activating group) is 1. The number of hydrogen-bond donors (Lipinski definition) is 2. The molecule has 1 saturated heterocycles. The number of amides is 1. The Morgan fingerprint density at radius 1 is 1.67 bits per heavy atom. The Kier molecular flexibility index (Phi) is 1.46. The predicted octanol–water partition coefficient (Wildman–Crippen LogP) is 1.92. The highest BCUT2D eigenvalue weighted by molar-refractivity contribution is 5.84. The number of nitrogens with zero attached hydrogens (tertiary/aromatic N) is 1. The van der Waals surface area contributed by atoms with Crippen LogP contribution in [-0.2, 0) is 17.5 Å². The molecule has 21 heavy (non-hydrogen) atoms. The summed E-state index contributed by atoms with van der Waals surface area (Å²) in [5.74, 6) is 0. The van der Waals surface area contributed by atoms with Crippen LogP contribution < -0.4 is 5.31 Å². The summed E-state index contributed by atoms with van der Waals surface area (Å²) in [5.41, 5.74) is -1.42. The van der Waals surface area contributed by atoms with E-state index in [2.05, 4.69) is 4.74 Å². The van der Waals surface area contributed by atoms with Crippen molar-refractivity contribution in [2.75, 3.05) is 27.1 Å². The molecule has 2 aromatic rings. The highest BCUT2D eigenvalue weighted by atomic mass is 16.6. The zero-order valence-electron chi connectivity index (χ0n) is 24.1. The lowest BCUT2D eigenvalue weighted by molar-refractivity contribution is 0.177. The Hall–Kier alpha value is -2.01. The van der Waals surface area contributed by atoms with Gasteiger partial charge in [-0.05, 0) is 50.0 Å². The van der Waals surface area contributed by atoms with Crippen molar-refractivity contribution in [3.8, 4) is 0 Å². The summed E-state index contributed by atoms with van der Waals surface area (Å²) >= 11 is 0. The first-order valence-electron chi connectivity index (χ1n) is 12.6. The van der Waals surface area contributed by atoms with E-state index in [0.29, 0.717) is 9.88 Å². The molecule has 1 aromatic carbocycles. The van der Waals surface area contributed by atoms with Crippen LogP contribution in [-0.4, -0.2) is 49.1 Å². The number of aromatic nitrogens is 1. The molecule has 0 saturated carbocycles. The largest absolute Gasteiger partial charge is 0.447 e. The number of ether oxygens (including phenoxy) is 1. The van der Waals surface area contributed by atoms with Crippen LogP contribution in [0.15, 0.2) is 24.3 Å². The first-order chi connectivity index (χ1) is 15.4. The summed E-state index contributed by atoms with van der Waals surface area (Å²) in [6.45, 7) is -5.99. The third-order valence-electron chi connectivity index (χ3n) is 2.83. The fraction of sp³-hybridized carbons (Fsp3) is 0.438. The molecular weight excluding hydrogens is 266 g/mol. The molecule has 1 aliphatic heterocycles. The van der Waals surface area contributed by atoms with Crippen molar-refractivity contribution in [3.63, 3.8) is 0 Å². The van der Waals surface area contributed by atoms with Gasteiger partial charge in [0.25, 0.3) is 0 Å². The van der Waals surface area contributed by atoms with Crippen LogP contribution in [0.2, 0.25) is 2.82 Å². The summed E-state index contributed by atoms with van der Waals surface area (Å²) < 4.78 is 110. The number of hydrogen-bond acceptors (Lipinski definition) is 3. The monoisotopic (exact) mass is 300 g/mol. The van der Waals surface area contributed by atoms with Gasteiger partial charge in [-0.25, -0.2) is 4.79 Å². The number of carbonyl (C=O) groups is 1. The van der Waals surface area contributed by atoms with Gasteiger partial charge in [-0.2, -0.15) is 0 Å². The lowest BCUT2D eigenvalue weighted by atomic mass is 10.0. The zero-order chi connectivity index (χ0) is 26.1. The molecule has 112 valence electrons. The quantitative estimate of drug-likeness (QED) is 0.887. The summed E-state index contributed by atoms with van der Waals surface area (Å²) in [5, 5.41) is -0.132. The Balaban J connectivity index is 2.29. The molecule has 0 aliphatic carbocycles. The van der Waals surface area contributed by atoms with E-state index in [1.54, 1.807) is 0 Å². The second-order valence-corrected chi connectivity index (χ2v) is 4.44. The number of nitrogens with one attached hydrogen (secondary N) is 2. The van der Waals surface area contributed by atoms with Gasteiger partial charge in [-0.15, -0.1) is 0 Å². The van der Waals surface area contributed by atoms with E-state index < -0.39 is 80.4 Å². The van der Waals surface area contributed by atoms with Crippen LogP contribution in [0.1, 0.15) is 26.2 Å². The van der Waals surface area contributed by atoms with Crippen LogP contribution in [0.5, 0.6) is 0 Å². The SMILES string of the molecule is [2H]c1c(C([2H])([2H])[C@H]2COC(=O)N2[2H])c([2H])c2c(CC([2H])([2H])N(C)C([2H])([2H])[2H])c([2H])n([2H])c2c1[2H]. The van der Waals surface area contributed by atoms with Crippen molar-refractivity contribution in [2.24, 2.45) is 0 Å². The summed E-state index contributed by atoms with van der Waals surface area (Å²) in [6.07, 6.45) is -5.31. The van der Waals surface area contributed by atoms with Gasteiger partial charge in [0.05, 0.1) is 11.5 Å². The molecule has 0 radical (unpaired) electrons. The highest BCUT2D eigenvalue weighted by Crippen LogP contribution is 2.21. The van der Waals surface area contributed by atoms with Crippen molar-refractivity contribution in [2.45, 2.75) is 18.8 Å². The zero-order valence-corrected chi connectivity index (χ0v) is 11.1. The van der Waals surface area contributed by atoms with E-state index in [0.717, 1.165) is 7.05 Å². The number of alkyl carbamates (subject to hydrolysis) is 1. The van der Waals surface area contributed by atoms with Crippen molar-refractivity contribution >= 4 is 17.0 Å². The third kappa shape index (κ3) is 3.19. The second kappa shape index (κ2) is 5.77. The maximum atomic E-state index is 11.6. The van der Waals surface area contributed by atoms with Gasteiger partial charge in [-0.3, -0.25) is 0 Å². The topological polar surface area (TPSA) is 57.4 Å². The molecule has 1 atom stereocenters. The number of aryl methyl sites for hydroxylation is 1. The van der Waals surface area contributed by atoms with Gasteiger partial charge in [0.2, 0.25) is 0 Å². The van der Waals surface area contributed by atoms with E-state index in [-0.39, 0.29) is 16.3 Å². The lowest BCUT2D eigenvalue weighted by Crippen LogP contribution is -2.28. The minimum absolute atomic E-state index is 0.225. The summed E-state index contributed by atoms with van der Waals surface area (Å²) in [6, 6.07) is -3.80. The fourth-order valence-corrected chi connectivity index (χ4v) is 1.87. The van der Waals surface area contributed by atoms with Crippen LogP contribution in [0.25, 0.3) is 10.9 Å².